The number of halogens is 1. The molecule has 2 fully saturated rings. The van der Waals surface area contributed by atoms with E-state index in [1.807, 2.05) is 6.07 Å². The fraction of sp³-hybridized carbons (Fsp3) is 0.462. The summed E-state index contributed by atoms with van der Waals surface area (Å²) < 4.78 is 20.2. The summed E-state index contributed by atoms with van der Waals surface area (Å²) >= 11 is 0. The van der Waals surface area contributed by atoms with Crippen LogP contribution in [0.2, 0.25) is 0 Å². The Balaban J connectivity index is 1.39. The van der Waals surface area contributed by atoms with E-state index in [0.717, 1.165) is 18.7 Å². The number of hydrogen-bond acceptors (Lipinski definition) is 7. The van der Waals surface area contributed by atoms with Crippen molar-refractivity contribution in [3.05, 3.63) is 42.5 Å². The van der Waals surface area contributed by atoms with Crippen molar-refractivity contribution in [2.45, 2.75) is 52.0 Å². The minimum absolute atomic E-state index is 0.0159. The Labute approximate surface area is 199 Å². The number of hydrogen-bond donors (Lipinski definition) is 1. The number of anilines is 1. The fourth-order valence-corrected chi connectivity index (χ4v) is 6.08. The van der Waals surface area contributed by atoms with Crippen molar-refractivity contribution in [2.75, 3.05) is 19.1 Å². The molecule has 2 aliphatic carbocycles. The third-order valence-electron chi connectivity index (χ3n) is 7.67. The van der Waals surface area contributed by atoms with E-state index < -0.39 is 5.82 Å². The third kappa shape index (κ3) is 4.06. The molecule has 2 heterocycles. The molecule has 0 spiro atoms. The average Bonchev–Trinajstić information content (AvgIpc) is 3.05. The van der Waals surface area contributed by atoms with Gasteiger partial charge in [-0.3, -0.25) is 0 Å². The predicted molar refractivity (Wildman–Crippen MR) is 128 cm³/mol. The number of phenols is 1. The number of methoxy groups -OCH3 is 1. The lowest BCUT2D eigenvalue weighted by molar-refractivity contribution is 0.148. The van der Waals surface area contributed by atoms with E-state index in [9.17, 15) is 5.11 Å². The van der Waals surface area contributed by atoms with Crippen molar-refractivity contribution >= 4 is 5.82 Å². The minimum atomic E-state index is -0.604. The number of benzene rings is 1. The highest BCUT2D eigenvalue weighted by Crippen LogP contribution is 2.58. The lowest BCUT2D eigenvalue weighted by Crippen LogP contribution is -2.42. The van der Waals surface area contributed by atoms with Crippen LogP contribution in [0.3, 0.4) is 0 Å². The Bertz CT molecular complexity index is 1180. The van der Waals surface area contributed by atoms with Gasteiger partial charge in [0.05, 0.1) is 24.1 Å². The van der Waals surface area contributed by atoms with Gasteiger partial charge in [-0.1, -0.05) is 13.8 Å². The van der Waals surface area contributed by atoms with Crippen LogP contribution in [0.25, 0.3) is 22.5 Å². The fourth-order valence-electron chi connectivity index (χ4n) is 6.08. The molecule has 2 saturated carbocycles. The number of rotatable bonds is 5. The van der Waals surface area contributed by atoms with Crippen LogP contribution in [0, 0.1) is 16.6 Å². The van der Waals surface area contributed by atoms with Crippen LogP contribution in [-0.4, -0.2) is 45.5 Å². The largest absolute Gasteiger partial charge is 0.507 e. The van der Waals surface area contributed by atoms with Gasteiger partial charge in [0.25, 0.3) is 0 Å². The molecule has 5 rings (SSSR count). The zero-order valence-corrected chi connectivity index (χ0v) is 20.0. The van der Waals surface area contributed by atoms with Crippen LogP contribution in [0.4, 0.5) is 10.2 Å². The van der Waals surface area contributed by atoms with Crippen LogP contribution < -0.4 is 9.64 Å². The summed E-state index contributed by atoms with van der Waals surface area (Å²) in [5, 5.41) is 19.3. The third-order valence-corrected chi connectivity index (χ3v) is 7.67. The van der Waals surface area contributed by atoms with E-state index >= 15 is 4.39 Å². The summed E-state index contributed by atoms with van der Waals surface area (Å²) in [4.78, 5) is 10.3. The van der Waals surface area contributed by atoms with Gasteiger partial charge in [-0.2, -0.15) is 0 Å². The second-order valence-electron chi connectivity index (χ2n) is 10.5. The average molecular weight is 464 g/mol. The molecule has 3 atom stereocenters. The smallest absolute Gasteiger partial charge is 0.216 e. The first-order valence-electron chi connectivity index (χ1n) is 11.6. The van der Waals surface area contributed by atoms with Gasteiger partial charge in [0.1, 0.15) is 17.9 Å². The maximum atomic E-state index is 15.1. The minimum Gasteiger partial charge on any atom is -0.507 e. The Morgan fingerprint density at radius 1 is 1.03 bits per heavy atom. The van der Waals surface area contributed by atoms with Gasteiger partial charge in [0.15, 0.2) is 5.82 Å². The molecule has 2 bridgehead atoms. The van der Waals surface area contributed by atoms with E-state index in [4.69, 9.17) is 4.74 Å². The molecule has 2 aliphatic rings. The second-order valence-corrected chi connectivity index (χ2v) is 10.5. The zero-order chi connectivity index (χ0) is 24.1. The molecule has 3 aromatic rings. The lowest BCUT2D eigenvalue weighted by Gasteiger charge is -2.44. The quantitative estimate of drug-likeness (QED) is 0.553. The van der Waals surface area contributed by atoms with Crippen molar-refractivity contribution in [2.24, 2.45) is 10.8 Å². The Hall–Kier alpha value is -3.29. The number of aromatic hydroxyl groups is 1. The molecular weight excluding hydrogens is 433 g/mol. The molecule has 0 radical (unpaired) electrons. The highest BCUT2D eigenvalue weighted by atomic mass is 19.1. The van der Waals surface area contributed by atoms with Gasteiger partial charge in [0.2, 0.25) is 5.88 Å². The summed E-state index contributed by atoms with van der Waals surface area (Å²) in [6.07, 6.45) is 7.49. The molecular formula is C26H30FN5O2. The predicted octanol–water partition coefficient (Wildman–Crippen LogP) is 5.25. The summed E-state index contributed by atoms with van der Waals surface area (Å²) in [6, 6.07) is 8.33. The first-order valence-corrected chi connectivity index (χ1v) is 11.6. The van der Waals surface area contributed by atoms with Crippen LogP contribution in [0.5, 0.6) is 11.6 Å². The van der Waals surface area contributed by atoms with E-state index in [-0.39, 0.29) is 17.0 Å². The van der Waals surface area contributed by atoms with Crippen molar-refractivity contribution in [3.8, 4) is 34.1 Å². The summed E-state index contributed by atoms with van der Waals surface area (Å²) in [5.41, 5.74) is 1.94. The van der Waals surface area contributed by atoms with Crippen LogP contribution in [-0.2, 0) is 0 Å². The zero-order valence-electron chi connectivity index (χ0n) is 20.0. The molecule has 0 saturated heterocycles. The first-order chi connectivity index (χ1) is 16.2. The molecule has 8 heteroatoms. The van der Waals surface area contributed by atoms with Crippen molar-refractivity contribution in [1.29, 1.82) is 0 Å². The maximum absolute atomic E-state index is 15.1. The molecule has 0 amide bonds. The lowest BCUT2D eigenvalue weighted by atomic mass is 9.68. The van der Waals surface area contributed by atoms with Crippen LogP contribution in [0.15, 0.2) is 36.7 Å². The molecule has 0 aliphatic heterocycles. The van der Waals surface area contributed by atoms with Gasteiger partial charge in [-0.25, -0.2) is 14.4 Å². The highest BCUT2D eigenvalue weighted by molar-refractivity contribution is 5.74. The monoisotopic (exact) mass is 463 g/mol. The summed E-state index contributed by atoms with van der Waals surface area (Å²) in [5.74, 6) is 0.278. The van der Waals surface area contributed by atoms with Gasteiger partial charge in [-0.15, -0.1) is 10.2 Å². The normalized spacial score (nSPS) is 25.9. The van der Waals surface area contributed by atoms with Crippen LogP contribution >= 0.6 is 0 Å². The SMILES string of the molecule is COc1cc(-c2cc(O)c(-c3ccc(N(C)C4C[C@]5(C)CC[C@](C)(C4)C5)nn3)c(F)c2)ncn1. The Kier molecular flexibility index (Phi) is 5.41. The van der Waals surface area contributed by atoms with Gasteiger partial charge < -0.3 is 14.7 Å². The second kappa shape index (κ2) is 8.18. The van der Waals surface area contributed by atoms with Gasteiger partial charge in [-0.05, 0) is 67.2 Å². The summed E-state index contributed by atoms with van der Waals surface area (Å²) in [6.45, 7) is 4.81. The molecule has 2 aromatic heterocycles. The molecule has 1 aromatic carbocycles. The number of ether oxygens (including phenoxy) is 1. The van der Waals surface area contributed by atoms with Crippen molar-refractivity contribution < 1.29 is 14.2 Å². The van der Waals surface area contributed by atoms with E-state index in [0.29, 0.717) is 34.0 Å². The number of nitrogens with zero attached hydrogens (tertiary/aromatic N) is 5. The van der Waals surface area contributed by atoms with Crippen molar-refractivity contribution in [1.82, 2.24) is 20.2 Å². The number of fused-ring (bicyclic) bond motifs is 2. The van der Waals surface area contributed by atoms with Gasteiger partial charge in [0, 0.05) is 24.7 Å². The van der Waals surface area contributed by atoms with E-state index in [1.54, 1.807) is 12.1 Å². The van der Waals surface area contributed by atoms with E-state index in [2.05, 4.69) is 46.0 Å². The first kappa shape index (κ1) is 22.5. The van der Waals surface area contributed by atoms with Gasteiger partial charge >= 0.3 is 0 Å². The Morgan fingerprint density at radius 2 is 1.76 bits per heavy atom. The molecule has 1 N–H and O–H groups in total. The number of aromatic nitrogens is 4. The molecule has 1 unspecified atom stereocenters. The van der Waals surface area contributed by atoms with Crippen LogP contribution in [0.1, 0.15) is 46.0 Å². The molecule has 7 nitrogen and oxygen atoms in total. The van der Waals surface area contributed by atoms with E-state index in [1.165, 1.54) is 44.8 Å². The molecule has 34 heavy (non-hydrogen) atoms. The number of phenolic OH excluding ortho intramolecular Hbond substituents is 1. The van der Waals surface area contributed by atoms with Crippen molar-refractivity contribution in [3.63, 3.8) is 0 Å². The highest BCUT2D eigenvalue weighted by Gasteiger charge is 2.50. The topological polar surface area (TPSA) is 84.3 Å². The maximum Gasteiger partial charge on any atom is 0.216 e. The summed E-state index contributed by atoms with van der Waals surface area (Å²) in [7, 11) is 3.56. The Morgan fingerprint density at radius 3 is 2.38 bits per heavy atom. The standard InChI is InChI=1S/C26H30FN5O2/c1-25-7-8-26(2,14-25)13-17(12-25)32(3)22-6-5-19(30-31-22)24-18(27)9-16(10-21(24)33)20-11-23(34-4)29-15-28-20/h5-6,9-11,15,17,33H,7-8,12-14H2,1-4H3/t17?,25-,26+. The molecule has 178 valence electrons.